The molecule has 1 N–H and O–H groups in total. The van der Waals surface area contributed by atoms with E-state index in [4.69, 9.17) is 0 Å². The van der Waals surface area contributed by atoms with Crippen LogP contribution in [0.15, 0.2) is 41.0 Å². The van der Waals surface area contributed by atoms with Crippen molar-refractivity contribution < 1.29 is 4.39 Å². The van der Waals surface area contributed by atoms with Gasteiger partial charge in [-0.15, -0.1) is 0 Å². The topological polar surface area (TPSA) is 24.9 Å². The minimum absolute atomic E-state index is 0.264. The zero-order valence-electron chi connectivity index (χ0n) is 9.37. The predicted octanol–water partition coefficient (Wildman–Crippen LogP) is 3.90. The maximum absolute atomic E-state index is 13.5. The molecule has 0 saturated carbocycles. The van der Waals surface area contributed by atoms with E-state index in [1.165, 1.54) is 6.07 Å². The molecular formula is C13H12BrFN2. The van der Waals surface area contributed by atoms with Crippen LogP contribution in [0.5, 0.6) is 0 Å². The fourth-order valence-electron chi connectivity index (χ4n) is 1.43. The van der Waals surface area contributed by atoms with E-state index in [-0.39, 0.29) is 5.82 Å². The average Bonchev–Trinajstić information content (AvgIpc) is 2.30. The van der Waals surface area contributed by atoms with Gasteiger partial charge in [-0.2, -0.15) is 0 Å². The maximum Gasteiger partial charge on any atom is 0.147 e. The highest BCUT2D eigenvalue weighted by molar-refractivity contribution is 9.10. The molecule has 4 heteroatoms. The second-order valence-corrected chi connectivity index (χ2v) is 4.70. The lowest BCUT2D eigenvalue weighted by Gasteiger charge is -2.07. The summed E-state index contributed by atoms with van der Waals surface area (Å²) in [5.74, 6) is -0.264. The molecule has 2 aromatic rings. The molecule has 0 aliphatic carbocycles. The van der Waals surface area contributed by atoms with Crippen LogP contribution in [-0.2, 0) is 6.54 Å². The van der Waals surface area contributed by atoms with E-state index in [9.17, 15) is 4.39 Å². The standard InChI is InChI=1S/C13H12BrFN2/c1-9-2-3-10(7-16-9)8-17-13-5-4-11(14)6-12(13)15/h2-7,17H,8H2,1H3. The van der Waals surface area contributed by atoms with E-state index in [1.807, 2.05) is 19.1 Å². The molecule has 0 fully saturated rings. The van der Waals surface area contributed by atoms with E-state index >= 15 is 0 Å². The van der Waals surface area contributed by atoms with Gasteiger partial charge in [-0.25, -0.2) is 4.39 Å². The van der Waals surface area contributed by atoms with Gasteiger partial charge in [0.25, 0.3) is 0 Å². The first-order valence-corrected chi connectivity index (χ1v) is 6.05. The molecule has 0 aliphatic rings. The van der Waals surface area contributed by atoms with Gasteiger partial charge in [-0.05, 0) is 36.8 Å². The van der Waals surface area contributed by atoms with Crippen LogP contribution in [0.1, 0.15) is 11.3 Å². The SMILES string of the molecule is Cc1ccc(CNc2ccc(Br)cc2F)cn1. The molecule has 0 amide bonds. The molecule has 0 aliphatic heterocycles. The Balaban J connectivity index is 2.04. The molecule has 1 heterocycles. The first-order chi connectivity index (χ1) is 8.15. The van der Waals surface area contributed by atoms with Crippen LogP contribution in [0.25, 0.3) is 0 Å². The molecule has 2 rings (SSSR count). The predicted molar refractivity (Wildman–Crippen MR) is 70.4 cm³/mol. The molecule has 0 radical (unpaired) electrons. The van der Waals surface area contributed by atoms with E-state index in [0.717, 1.165) is 15.7 Å². The normalized spacial score (nSPS) is 10.3. The van der Waals surface area contributed by atoms with E-state index < -0.39 is 0 Å². The van der Waals surface area contributed by atoms with Crippen molar-refractivity contribution in [1.29, 1.82) is 0 Å². The number of nitrogens with one attached hydrogen (secondary N) is 1. The molecule has 2 nitrogen and oxygen atoms in total. The minimum Gasteiger partial charge on any atom is -0.379 e. The van der Waals surface area contributed by atoms with E-state index in [0.29, 0.717) is 12.2 Å². The van der Waals surface area contributed by atoms with Crippen LogP contribution in [0.4, 0.5) is 10.1 Å². The summed E-state index contributed by atoms with van der Waals surface area (Å²) >= 11 is 3.22. The Morgan fingerprint density at radius 2 is 2.12 bits per heavy atom. The van der Waals surface area contributed by atoms with Gasteiger partial charge in [0.1, 0.15) is 5.82 Å². The van der Waals surface area contributed by atoms with Gasteiger partial charge in [-0.1, -0.05) is 22.0 Å². The summed E-state index contributed by atoms with van der Waals surface area (Å²) in [4.78, 5) is 4.19. The van der Waals surface area contributed by atoms with Crippen LogP contribution in [0.2, 0.25) is 0 Å². The Kier molecular flexibility index (Phi) is 3.74. The van der Waals surface area contributed by atoms with Crippen molar-refractivity contribution in [1.82, 2.24) is 4.98 Å². The van der Waals surface area contributed by atoms with Gasteiger partial charge in [0.2, 0.25) is 0 Å². The molecule has 0 atom stereocenters. The number of nitrogens with zero attached hydrogens (tertiary/aromatic N) is 1. The third-order valence-electron chi connectivity index (χ3n) is 2.39. The van der Waals surface area contributed by atoms with Crippen LogP contribution >= 0.6 is 15.9 Å². The molecule has 1 aromatic carbocycles. The summed E-state index contributed by atoms with van der Waals surface area (Å²) in [7, 11) is 0. The van der Waals surface area contributed by atoms with Crippen molar-refractivity contribution in [3.63, 3.8) is 0 Å². The Labute approximate surface area is 108 Å². The third-order valence-corrected chi connectivity index (χ3v) is 2.88. The molecule has 0 bridgehead atoms. The Hall–Kier alpha value is -1.42. The summed E-state index contributed by atoms with van der Waals surface area (Å²) in [5.41, 5.74) is 2.50. The first-order valence-electron chi connectivity index (χ1n) is 5.25. The number of aromatic nitrogens is 1. The number of benzene rings is 1. The third kappa shape index (κ3) is 3.27. The maximum atomic E-state index is 13.5. The van der Waals surface area contributed by atoms with Crippen molar-refractivity contribution >= 4 is 21.6 Å². The van der Waals surface area contributed by atoms with Crippen molar-refractivity contribution in [2.24, 2.45) is 0 Å². The largest absolute Gasteiger partial charge is 0.379 e. The monoisotopic (exact) mass is 294 g/mol. The minimum atomic E-state index is -0.264. The first kappa shape index (κ1) is 12.0. The second-order valence-electron chi connectivity index (χ2n) is 3.79. The van der Waals surface area contributed by atoms with Gasteiger partial charge in [-0.3, -0.25) is 4.98 Å². The van der Waals surface area contributed by atoms with Crippen LogP contribution in [-0.4, -0.2) is 4.98 Å². The average molecular weight is 295 g/mol. The van der Waals surface area contributed by atoms with Crippen molar-refractivity contribution in [3.05, 3.63) is 58.1 Å². The fraction of sp³-hybridized carbons (Fsp3) is 0.154. The van der Waals surface area contributed by atoms with E-state index in [2.05, 4.69) is 26.2 Å². The summed E-state index contributed by atoms with van der Waals surface area (Å²) in [6, 6.07) is 8.87. The number of rotatable bonds is 3. The highest BCUT2D eigenvalue weighted by atomic mass is 79.9. The quantitative estimate of drug-likeness (QED) is 0.928. The number of hydrogen-bond acceptors (Lipinski definition) is 2. The van der Waals surface area contributed by atoms with Crippen LogP contribution in [0, 0.1) is 12.7 Å². The lowest BCUT2D eigenvalue weighted by atomic mass is 10.2. The van der Waals surface area contributed by atoms with Gasteiger partial charge < -0.3 is 5.32 Å². The number of hydrogen-bond donors (Lipinski definition) is 1. The molecule has 1 aromatic heterocycles. The van der Waals surface area contributed by atoms with Gasteiger partial charge in [0.05, 0.1) is 5.69 Å². The lowest BCUT2D eigenvalue weighted by molar-refractivity contribution is 0.629. The van der Waals surface area contributed by atoms with Crippen molar-refractivity contribution in [2.75, 3.05) is 5.32 Å². The zero-order chi connectivity index (χ0) is 12.3. The molecule has 0 spiro atoms. The van der Waals surface area contributed by atoms with Crippen molar-refractivity contribution in [3.8, 4) is 0 Å². The van der Waals surface area contributed by atoms with E-state index in [1.54, 1.807) is 18.3 Å². The van der Waals surface area contributed by atoms with Crippen LogP contribution < -0.4 is 5.32 Å². The molecule has 88 valence electrons. The lowest BCUT2D eigenvalue weighted by Crippen LogP contribution is -2.01. The number of halogens is 2. The molecule has 0 saturated heterocycles. The Morgan fingerprint density at radius 3 is 2.76 bits per heavy atom. The van der Waals surface area contributed by atoms with Gasteiger partial charge in [0, 0.05) is 22.9 Å². The second kappa shape index (κ2) is 5.27. The van der Waals surface area contributed by atoms with Gasteiger partial charge in [0.15, 0.2) is 0 Å². The Bertz CT molecular complexity index is 511. The number of aryl methyl sites for hydroxylation is 1. The molecule has 17 heavy (non-hydrogen) atoms. The van der Waals surface area contributed by atoms with Crippen molar-refractivity contribution in [2.45, 2.75) is 13.5 Å². The highest BCUT2D eigenvalue weighted by Crippen LogP contribution is 2.19. The number of anilines is 1. The number of pyridine rings is 1. The zero-order valence-corrected chi connectivity index (χ0v) is 11.0. The summed E-state index contributed by atoms with van der Waals surface area (Å²) in [6.07, 6.45) is 1.79. The van der Waals surface area contributed by atoms with Gasteiger partial charge >= 0.3 is 0 Å². The summed E-state index contributed by atoms with van der Waals surface area (Å²) < 4.78 is 14.2. The fourth-order valence-corrected chi connectivity index (χ4v) is 1.77. The smallest absolute Gasteiger partial charge is 0.147 e. The van der Waals surface area contributed by atoms with Crippen LogP contribution in [0.3, 0.4) is 0 Å². The Morgan fingerprint density at radius 1 is 1.29 bits per heavy atom. The molecule has 0 unspecified atom stereocenters. The summed E-state index contributed by atoms with van der Waals surface area (Å²) in [6.45, 7) is 2.50. The highest BCUT2D eigenvalue weighted by Gasteiger charge is 2.02. The summed E-state index contributed by atoms with van der Waals surface area (Å²) in [5, 5.41) is 3.04. The molecular weight excluding hydrogens is 283 g/mol.